The normalized spacial score (nSPS) is 17.2. The second kappa shape index (κ2) is 6.89. The molecule has 132 valence electrons. The molecule has 0 aromatic heterocycles. The van der Waals surface area contributed by atoms with E-state index in [0.29, 0.717) is 30.4 Å². The van der Waals surface area contributed by atoms with Gasteiger partial charge in [0, 0.05) is 10.8 Å². The van der Waals surface area contributed by atoms with Gasteiger partial charge in [-0.25, -0.2) is 0 Å². The lowest BCUT2D eigenvalue weighted by Gasteiger charge is -2.14. The number of hydrogen-bond acceptors (Lipinski definition) is 4. The molecule has 0 bridgehead atoms. The summed E-state index contributed by atoms with van der Waals surface area (Å²) in [7, 11) is 0. The van der Waals surface area contributed by atoms with E-state index >= 15 is 0 Å². The van der Waals surface area contributed by atoms with Gasteiger partial charge in [0.15, 0.2) is 5.43 Å². The Morgan fingerprint density at radius 3 is 2.62 bits per heavy atom. The third-order valence-corrected chi connectivity index (χ3v) is 4.88. The van der Waals surface area contributed by atoms with Crippen molar-refractivity contribution in [2.24, 2.45) is 0 Å². The highest BCUT2D eigenvalue weighted by Gasteiger charge is 2.27. The number of fused-ring (bicyclic) bond motifs is 2. The Morgan fingerprint density at radius 1 is 1.12 bits per heavy atom. The van der Waals surface area contributed by atoms with Gasteiger partial charge in [0.1, 0.15) is 12.7 Å². The molecule has 2 unspecified atom stereocenters. The lowest BCUT2D eigenvalue weighted by molar-refractivity contribution is -0.146. The van der Waals surface area contributed by atoms with Gasteiger partial charge in [-0.15, -0.1) is 0 Å². The highest BCUT2D eigenvalue weighted by atomic mass is 16.6. The van der Waals surface area contributed by atoms with Crippen molar-refractivity contribution in [3.05, 3.63) is 70.4 Å². The Kier molecular flexibility index (Phi) is 4.43. The Bertz CT molecular complexity index is 1040. The molecule has 2 atom stereocenters. The zero-order chi connectivity index (χ0) is 18.1. The molecule has 1 aliphatic heterocycles. The summed E-state index contributed by atoms with van der Waals surface area (Å²) in [6, 6.07) is 17.1. The van der Waals surface area contributed by atoms with Crippen LogP contribution >= 0.6 is 0 Å². The van der Waals surface area contributed by atoms with E-state index in [4.69, 9.17) is 9.47 Å². The average Bonchev–Trinajstić information content (AvgIpc) is 3.50. The molecule has 4 heteroatoms. The number of ether oxygens (including phenoxy) is 2. The van der Waals surface area contributed by atoms with Crippen LogP contribution in [0.5, 0.6) is 0 Å². The van der Waals surface area contributed by atoms with E-state index in [9.17, 15) is 9.59 Å². The SMILES string of the molecule is CCC(C(=O)OCC1CO1)c1ccc2c(=O)c3ccccc3ccc2c1. The minimum Gasteiger partial charge on any atom is -0.462 e. The maximum atomic E-state index is 12.9. The van der Waals surface area contributed by atoms with Crippen molar-refractivity contribution in [1.82, 2.24) is 0 Å². The number of hydrogen-bond donors (Lipinski definition) is 0. The molecule has 0 radical (unpaired) electrons. The molecule has 4 nitrogen and oxygen atoms in total. The van der Waals surface area contributed by atoms with Crippen LogP contribution in [0.4, 0.5) is 0 Å². The molecule has 3 aromatic carbocycles. The van der Waals surface area contributed by atoms with Crippen molar-refractivity contribution in [3.63, 3.8) is 0 Å². The summed E-state index contributed by atoms with van der Waals surface area (Å²) in [5.41, 5.74) is 0.880. The van der Waals surface area contributed by atoms with Gasteiger partial charge in [0.05, 0.1) is 12.5 Å². The van der Waals surface area contributed by atoms with Crippen molar-refractivity contribution >= 4 is 27.5 Å². The molecule has 1 fully saturated rings. The van der Waals surface area contributed by atoms with Gasteiger partial charge in [-0.3, -0.25) is 9.59 Å². The van der Waals surface area contributed by atoms with Gasteiger partial charge in [-0.1, -0.05) is 61.5 Å². The van der Waals surface area contributed by atoms with Crippen molar-refractivity contribution in [1.29, 1.82) is 0 Å². The fraction of sp³-hybridized carbons (Fsp3) is 0.273. The molecule has 3 aromatic rings. The first-order valence-corrected chi connectivity index (χ1v) is 8.91. The smallest absolute Gasteiger partial charge is 0.313 e. The van der Waals surface area contributed by atoms with Crippen LogP contribution in [-0.2, 0) is 14.3 Å². The quantitative estimate of drug-likeness (QED) is 0.520. The molecule has 1 saturated heterocycles. The van der Waals surface area contributed by atoms with E-state index in [-0.39, 0.29) is 23.4 Å². The Hall–Kier alpha value is -2.72. The number of carbonyl (C=O) groups excluding carboxylic acids is 1. The molecule has 0 spiro atoms. The van der Waals surface area contributed by atoms with Crippen LogP contribution in [-0.4, -0.2) is 25.3 Å². The highest BCUT2D eigenvalue weighted by molar-refractivity contribution is 5.94. The zero-order valence-electron chi connectivity index (χ0n) is 14.6. The van der Waals surface area contributed by atoms with Gasteiger partial charge < -0.3 is 9.47 Å². The van der Waals surface area contributed by atoms with Crippen LogP contribution in [0.25, 0.3) is 21.5 Å². The first kappa shape index (κ1) is 16.7. The molecule has 0 N–H and O–H groups in total. The Balaban J connectivity index is 1.75. The topological polar surface area (TPSA) is 55.9 Å². The van der Waals surface area contributed by atoms with Crippen molar-refractivity contribution < 1.29 is 14.3 Å². The van der Waals surface area contributed by atoms with E-state index in [2.05, 4.69) is 0 Å². The second-order valence-corrected chi connectivity index (χ2v) is 6.64. The number of epoxide rings is 1. The summed E-state index contributed by atoms with van der Waals surface area (Å²) in [6.45, 7) is 2.94. The molecule has 4 rings (SSSR count). The van der Waals surface area contributed by atoms with E-state index in [1.807, 2.05) is 61.5 Å². The summed E-state index contributed by atoms with van der Waals surface area (Å²) in [4.78, 5) is 25.3. The minimum absolute atomic E-state index is 0.00802. The molecule has 0 aliphatic carbocycles. The van der Waals surface area contributed by atoms with Gasteiger partial charge in [-0.2, -0.15) is 0 Å². The number of benzene rings is 2. The van der Waals surface area contributed by atoms with Crippen molar-refractivity contribution in [3.8, 4) is 0 Å². The first-order chi connectivity index (χ1) is 12.7. The predicted octanol–water partition coefficient (Wildman–Crippen LogP) is 3.79. The number of rotatable bonds is 5. The standard InChI is InChI=1S/C22H20O4/c1-2-18(22(24)26-13-17-12-25-17)15-9-10-20-16(11-15)8-7-14-5-3-4-6-19(14)21(20)23/h3-11,17-18H,2,12-13H2,1H3. The fourth-order valence-corrected chi connectivity index (χ4v) is 3.29. The van der Waals surface area contributed by atoms with E-state index < -0.39 is 0 Å². The van der Waals surface area contributed by atoms with Crippen LogP contribution in [0.3, 0.4) is 0 Å². The summed E-state index contributed by atoms with van der Waals surface area (Å²) in [5, 5.41) is 3.10. The lowest BCUT2D eigenvalue weighted by atomic mass is 9.94. The van der Waals surface area contributed by atoms with Gasteiger partial charge in [-0.05, 0) is 22.8 Å². The average molecular weight is 348 g/mol. The summed E-state index contributed by atoms with van der Waals surface area (Å²) in [5.74, 6) is -0.580. The molecule has 0 amide bonds. The molecule has 1 heterocycles. The lowest BCUT2D eigenvalue weighted by Crippen LogP contribution is -2.18. The summed E-state index contributed by atoms with van der Waals surface area (Å²) < 4.78 is 10.5. The number of esters is 1. The molecule has 26 heavy (non-hydrogen) atoms. The van der Waals surface area contributed by atoms with Gasteiger partial charge in [0.25, 0.3) is 0 Å². The largest absolute Gasteiger partial charge is 0.462 e. The minimum atomic E-state index is -0.340. The first-order valence-electron chi connectivity index (χ1n) is 8.91. The van der Waals surface area contributed by atoms with Crippen LogP contribution in [0.1, 0.15) is 24.8 Å². The molecule has 0 saturated carbocycles. The Labute approximate surface area is 151 Å². The summed E-state index contributed by atoms with van der Waals surface area (Å²) in [6.07, 6.45) is 0.698. The van der Waals surface area contributed by atoms with E-state index in [0.717, 1.165) is 16.3 Å². The van der Waals surface area contributed by atoms with Crippen LogP contribution in [0.2, 0.25) is 0 Å². The molecule has 1 aliphatic rings. The zero-order valence-corrected chi connectivity index (χ0v) is 14.6. The second-order valence-electron chi connectivity index (χ2n) is 6.64. The van der Waals surface area contributed by atoms with E-state index in [1.165, 1.54) is 0 Å². The third kappa shape index (κ3) is 3.20. The van der Waals surface area contributed by atoms with Crippen LogP contribution in [0.15, 0.2) is 59.4 Å². The highest BCUT2D eigenvalue weighted by Crippen LogP contribution is 2.25. The Morgan fingerprint density at radius 2 is 1.85 bits per heavy atom. The third-order valence-electron chi connectivity index (χ3n) is 4.88. The molecular formula is C22H20O4. The van der Waals surface area contributed by atoms with Crippen molar-refractivity contribution in [2.75, 3.05) is 13.2 Å². The van der Waals surface area contributed by atoms with Crippen LogP contribution < -0.4 is 5.43 Å². The van der Waals surface area contributed by atoms with Crippen LogP contribution in [0, 0.1) is 0 Å². The predicted molar refractivity (Wildman–Crippen MR) is 101 cm³/mol. The summed E-state index contributed by atoms with van der Waals surface area (Å²) >= 11 is 0. The van der Waals surface area contributed by atoms with Gasteiger partial charge in [0.2, 0.25) is 0 Å². The maximum absolute atomic E-state index is 12.9. The van der Waals surface area contributed by atoms with E-state index in [1.54, 1.807) is 0 Å². The van der Waals surface area contributed by atoms with Gasteiger partial charge >= 0.3 is 5.97 Å². The molecular weight excluding hydrogens is 328 g/mol. The fourth-order valence-electron chi connectivity index (χ4n) is 3.29. The van der Waals surface area contributed by atoms with Crippen molar-refractivity contribution in [2.45, 2.75) is 25.4 Å². The monoisotopic (exact) mass is 348 g/mol. The number of carbonyl (C=O) groups is 1. The maximum Gasteiger partial charge on any atom is 0.313 e.